The topological polar surface area (TPSA) is 132 Å². The third-order valence-electron chi connectivity index (χ3n) is 9.27. The van der Waals surface area contributed by atoms with Crippen LogP contribution < -0.4 is 15.4 Å². The van der Waals surface area contributed by atoms with Crippen molar-refractivity contribution in [2.24, 2.45) is 5.92 Å². The van der Waals surface area contributed by atoms with E-state index in [1.807, 2.05) is 57.5 Å². The highest BCUT2D eigenvalue weighted by Crippen LogP contribution is 2.31. The molecule has 0 saturated carbocycles. The van der Waals surface area contributed by atoms with E-state index in [0.29, 0.717) is 29.4 Å². The number of hydrogen-bond acceptors (Lipinski definition) is 8. The SMILES string of the molecule is O=C(NC1=C(O)COc2ccccc21)[C@H](Cc1cccnc1)C[C@H](O)CN1CCN(Cc2ccn(-c3ccccc3Cl)c2)C[C@H]1C(=O)NCC(F)(F)F. The summed E-state index contributed by atoms with van der Waals surface area (Å²) in [5.41, 5.74) is 3.18. The number of aliphatic hydroxyl groups excluding tert-OH is 2. The van der Waals surface area contributed by atoms with Gasteiger partial charge in [-0.15, -0.1) is 0 Å². The quantitative estimate of drug-likeness (QED) is 0.154. The molecule has 3 atom stereocenters. The van der Waals surface area contributed by atoms with E-state index in [1.54, 1.807) is 53.7 Å². The fourth-order valence-electron chi connectivity index (χ4n) is 6.69. The van der Waals surface area contributed by atoms with Crippen LogP contribution in [0, 0.1) is 5.92 Å². The number of β-amino-alcohol motifs (C(OH)–C–C–N with tert-alkyl or cyclic N) is 1. The average Bonchev–Trinajstić information content (AvgIpc) is 3.60. The third kappa shape index (κ3) is 9.96. The first-order chi connectivity index (χ1) is 25.4. The highest BCUT2D eigenvalue weighted by Gasteiger charge is 2.37. The Hall–Kier alpha value is -4.89. The number of nitrogens with one attached hydrogen (secondary N) is 2. The lowest BCUT2D eigenvalue weighted by atomic mass is 9.92. The van der Waals surface area contributed by atoms with Crippen LogP contribution in [0.1, 0.15) is 23.1 Å². The van der Waals surface area contributed by atoms with Gasteiger partial charge in [0.15, 0.2) is 5.76 Å². The van der Waals surface area contributed by atoms with Crippen molar-refractivity contribution in [3.63, 3.8) is 0 Å². The number of ether oxygens (including phenoxy) is 1. The first-order valence-electron chi connectivity index (χ1n) is 17.2. The van der Waals surface area contributed by atoms with Gasteiger partial charge in [0.05, 0.1) is 22.5 Å². The number of amides is 2. The van der Waals surface area contributed by atoms with Gasteiger partial charge in [-0.2, -0.15) is 13.2 Å². The van der Waals surface area contributed by atoms with Crippen LogP contribution in [0.5, 0.6) is 5.75 Å². The molecule has 2 aromatic heterocycles. The lowest BCUT2D eigenvalue weighted by molar-refractivity contribution is -0.143. The van der Waals surface area contributed by atoms with E-state index in [1.165, 1.54) is 0 Å². The van der Waals surface area contributed by atoms with E-state index in [9.17, 15) is 33.0 Å². The van der Waals surface area contributed by atoms with Crippen LogP contribution in [0.4, 0.5) is 13.2 Å². The molecule has 2 aliphatic heterocycles. The molecular weight excluding hydrogens is 713 g/mol. The summed E-state index contributed by atoms with van der Waals surface area (Å²) in [5.74, 6) is -1.72. The first-order valence-corrected chi connectivity index (χ1v) is 17.6. The van der Waals surface area contributed by atoms with E-state index in [2.05, 4.69) is 10.3 Å². The molecule has 2 amide bonds. The number of carbonyl (C=O) groups excluding carboxylic acids is 2. The number of carbonyl (C=O) groups is 2. The second-order valence-corrected chi connectivity index (χ2v) is 13.6. The number of aromatic nitrogens is 2. The predicted octanol–water partition coefficient (Wildman–Crippen LogP) is 4.74. The van der Waals surface area contributed by atoms with Gasteiger partial charge >= 0.3 is 6.18 Å². The average molecular weight is 753 g/mol. The summed E-state index contributed by atoms with van der Waals surface area (Å²) in [5, 5.41) is 27.5. The Morgan fingerprint density at radius 1 is 1.04 bits per heavy atom. The molecule has 15 heteroatoms. The second kappa shape index (κ2) is 16.8. The van der Waals surface area contributed by atoms with Crippen LogP contribution in [0.2, 0.25) is 5.02 Å². The Kier molecular flexibility index (Phi) is 12.0. The molecular formula is C38H40ClF3N6O5. The number of piperazine rings is 1. The predicted molar refractivity (Wildman–Crippen MR) is 192 cm³/mol. The van der Waals surface area contributed by atoms with E-state index in [4.69, 9.17) is 16.3 Å². The molecule has 4 N–H and O–H groups in total. The number of alkyl halides is 3. The van der Waals surface area contributed by atoms with Crippen LogP contribution in [0.15, 0.2) is 97.3 Å². The summed E-state index contributed by atoms with van der Waals surface area (Å²) in [4.78, 5) is 34.9. The number of pyridine rings is 1. The molecule has 0 radical (unpaired) electrons. The van der Waals surface area contributed by atoms with Crippen molar-refractivity contribution in [2.75, 3.05) is 39.3 Å². The van der Waals surface area contributed by atoms with Gasteiger partial charge in [-0.25, -0.2) is 0 Å². The van der Waals surface area contributed by atoms with Crippen LogP contribution in [0.25, 0.3) is 11.4 Å². The Labute approximate surface area is 309 Å². The van der Waals surface area contributed by atoms with Gasteiger partial charge in [0.2, 0.25) is 11.8 Å². The monoisotopic (exact) mass is 752 g/mol. The van der Waals surface area contributed by atoms with Crippen LogP contribution in [0.3, 0.4) is 0 Å². The van der Waals surface area contributed by atoms with Gasteiger partial charge in [-0.1, -0.05) is 41.9 Å². The molecule has 0 bridgehead atoms. The Morgan fingerprint density at radius 3 is 2.60 bits per heavy atom. The van der Waals surface area contributed by atoms with Crippen molar-refractivity contribution in [3.05, 3.63) is 119 Å². The molecule has 2 aromatic carbocycles. The zero-order valence-corrected chi connectivity index (χ0v) is 29.4. The van der Waals surface area contributed by atoms with Crippen molar-refractivity contribution in [1.29, 1.82) is 0 Å². The number of halogens is 4. The van der Waals surface area contributed by atoms with E-state index in [0.717, 1.165) is 16.8 Å². The van der Waals surface area contributed by atoms with Gasteiger partial charge in [-0.05, 0) is 60.4 Å². The van der Waals surface area contributed by atoms with Crippen molar-refractivity contribution in [1.82, 2.24) is 30.0 Å². The fraction of sp³-hybridized carbons (Fsp3) is 0.342. The maximum Gasteiger partial charge on any atom is 0.405 e. The zero-order valence-electron chi connectivity index (χ0n) is 28.7. The Balaban J connectivity index is 1.16. The normalized spacial score (nSPS) is 17.8. The van der Waals surface area contributed by atoms with Crippen molar-refractivity contribution in [3.8, 4) is 11.4 Å². The van der Waals surface area contributed by atoms with Crippen molar-refractivity contribution < 1.29 is 37.7 Å². The minimum absolute atomic E-state index is 0.0421. The largest absolute Gasteiger partial charge is 0.507 e. The highest BCUT2D eigenvalue weighted by molar-refractivity contribution is 6.32. The van der Waals surface area contributed by atoms with E-state index in [-0.39, 0.29) is 50.5 Å². The summed E-state index contributed by atoms with van der Waals surface area (Å²) < 4.78 is 46.9. The van der Waals surface area contributed by atoms with Gasteiger partial charge in [0.1, 0.15) is 24.9 Å². The minimum Gasteiger partial charge on any atom is -0.507 e. The lowest BCUT2D eigenvalue weighted by Crippen LogP contribution is -2.60. The number of hydrogen-bond donors (Lipinski definition) is 4. The van der Waals surface area contributed by atoms with Gasteiger partial charge < -0.3 is 30.2 Å². The molecule has 11 nitrogen and oxygen atoms in total. The fourth-order valence-corrected chi connectivity index (χ4v) is 6.93. The molecule has 1 fully saturated rings. The standard InChI is InChI=1S/C38H40ClF3N6O5/c39-30-8-2-3-9-31(30)47-13-11-26(20-47)19-46-14-15-48(32(22-46)37(52)44-24-38(40,41)42)21-28(49)17-27(16-25-6-5-12-43-18-25)36(51)45-35-29-7-1-4-10-34(29)53-23-33(35)50/h1-13,18,20,27-28,32,49-50H,14-17,19,21-24H2,(H,44,52)(H,45,51)/t27-,28+,32+/m1/s1. The smallest absolute Gasteiger partial charge is 0.405 e. The number of nitrogens with zero attached hydrogens (tertiary/aromatic N) is 4. The summed E-state index contributed by atoms with van der Waals surface area (Å²) >= 11 is 6.37. The lowest BCUT2D eigenvalue weighted by Gasteiger charge is -2.41. The molecule has 0 unspecified atom stereocenters. The minimum atomic E-state index is -4.60. The molecule has 0 aliphatic carbocycles. The molecule has 280 valence electrons. The third-order valence-corrected chi connectivity index (χ3v) is 9.59. The molecule has 53 heavy (non-hydrogen) atoms. The number of benzene rings is 2. The summed E-state index contributed by atoms with van der Waals surface area (Å²) in [6, 6.07) is 18.8. The van der Waals surface area contributed by atoms with Gasteiger partial charge in [0.25, 0.3) is 0 Å². The van der Waals surface area contributed by atoms with Crippen molar-refractivity contribution >= 4 is 29.1 Å². The summed E-state index contributed by atoms with van der Waals surface area (Å²) in [6.07, 6.45) is 1.44. The maximum absolute atomic E-state index is 13.8. The van der Waals surface area contributed by atoms with Crippen LogP contribution in [-0.2, 0) is 22.6 Å². The molecule has 1 saturated heterocycles. The van der Waals surface area contributed by atoms with E-state index < -0.39 is 42.6 Å². The first kappa shape index (κ1) is 37.9. The summed E-state index contributed by atoms with van der Waals surface area (Å²) in [6.45, 7) is -0.375. The van der Waals surface area contributed by atoms with E-state index >= 15 is 0 Å². The number of para-hydroxylation sites is 2. The van der Waals surface area contributed by atoms with Crippen LogP contribution >= 0.6 is 11.6 Å². The van der Waals surface area contributed by atoms with Gasteiger partial charge in [0, 0.05) is 69.0 Å². The molecule has 0 spiro atoms. The Morgan fingerprint density at radius 2 is 1.83 bits per heavy atom. The van der Waals surface area contributed by atoms with Crippen molar-refractivity contribution in [2.45, 2.75) is 37.7 Å². The highest BCUT2D eigenvalue weighted by atomic mass is 35.5. The van der Waals surface area contributed by atoms with Crippen LogP contribution in [-0.4, -0.2) is 99.0 Å². The molecule has 4 heterocycles. The molecule has 6 rings (SSSR count). The molecule has 2 aliphatic rings. The second-order valence-electron chi connectivity index (χ2n) is 13.2. The zero-order chi connectivity index (χ0) is 37.5. The number of fused-ring (bicyclic) bond motifs is 1. The molecule has 4 aromatic rings. The number of rotatable bonds is 13. The Bertz CT molecular complexity index is 1920. The number of aliphatic hydroxyl groups is 2. The van der Waals surface area contributed by atoms with Gasteiger partial charge in [-0.3, -0.25) is 24.4 Å². The summed E-state index contributed by atoms with van der Waals surface area (Å²) in [7, 11) is 0. The maximum atomic E-state index is 13.8.